The van der Waals surface area contributed by atoms with E-state index in [0.717, 1.165) is 31.6 Å². The fraction of sp³-hybridized carbons (Fsp3) is 0.625. The van der Waals surface area contributed by atoms with Crippen molar-refractivity contribution in [2.75, 3.05) is 26.7 Å². The minimum absolute atomic E-state index is 0.0778. The lowest BCUT2D eigenvalue weighted by Gasteiger charge is -2.27. The highest BCUT2D eigenvalue weighted by molar-refractivity contribution is 5.28. The maximum Gasteiger partial charge on any atom is 0.416 e. The van der Waals surface area contributed by atoms with Crippen LogP contribution in [0.3, 0.4) is 0 Å². The number of benzene rings is 1. The van der Waals surface area contributed by atoms with Crippen molar-refractivity contribution in [3.8, 4) is 0 Å². The SMILES string of the molecule is CCN(CC1CC1)CC(NC)c1cccc(C(F)(F)F)c1. The summed E-state index contributed by atoms with van der Waals surface area (Å²) < 4.78 is 38.4. The molecule has 1 aromatic carbocycles. The van der Waals surface area contributed by atoms with E-state index in [1.807, 2.05) is 0 Å². The van der Waals surface area contributed by atoms with E-state index in [-0.39, 0.29) is 6.04 Å². The first-order valence-electron chi connectivity index (χ1n) is 7.50. The zero-order chi connectivity index (χ0) is 15.5. The molecule has 0 spiro atoms. The Morgan fingerprint density at radius 3 is 2.57 bits per heavy atom. The minimum Gasteiger partial charge on any atom is -0.312 e. The smallest absolute Gasteiger partial charge is 0.312 e. The molecule has 1 saturated carbocycles. The summed E-state index contributed by atoms with van der Waals surface area (Å²) in [5.41, 5.74) is 0.118. The van der Waals surface area contributed by atoms with Gasteiger partial charge in [-0.05, 0) is 50.0 Å². The van der Waals surface area contributed by atoms with Gasteiger partial charge < -0.3 is 10.2 Å². The molecule has 118 valence electrons. The lowest BCUT2D eigenvalue weighted by Crippen LogP contribution is -2.35. The minimum atomic E-state index is -4.28. The van der Waals surface area contributed by atoms with Crippen molar-refractivity contribution in [1.29, 1.82) is 0 Å². The van der Waals surface area contributed by atoms with Crippen LogP contribution in [0, 0.1) is 5.92 Å². The highest BCUT2D eigenvalue weighted by Crippen LogP contribution is 2.32. The molecule has 1 unspecified atom stereocenters. The summed E-state index contributed by atoms with van der Waals surface area (Å²) in [6, 6.07) is 5.55. The molecule has 0 radical (unpaired) electrons. The van der Waals surface area contributed by atoms with Crippen molar-refractivity contribution in [3.05, 3.63) is 35.4 Å². The van der Waals surface area contributed by atoms with Crippen LogP contribution in [0.15, 0.2) is 24.3 Å². The number of halogens is 3. The van der Waals surface area contributed by atoms with Gasteiger partial charge in [-0.1, -0.05) is 19.1 Å². The normalized spacial score (nSPS) is 17.2. The third-order valence-electron chi connectivity index (χ3n) is 4.07. The molecule has 1 N–H and O–H groups in total. The Labute approximate surface area is 124 Å². The summed E-state index contributed by atoms with van der Waals surface area (Å²) in [6.45, 7) is 4.81. The van der Waals surface area contributed by atoms with Crippen LogP contribution in [-0.4, -0.2) is 31.6 Å². The van der Waals surface area contributed by atoms with Crippen LogP contribution in [-0.2, 0) is 6.18 Å². The van der Waals surface area contributed by atoms with Gasteiger partial charge in [0.15, 0.2) is 0 Å². The topological polar surface area (TPSA) is 15.3 Å². The van der Waals surface area contributed by atoms with Gasteiger partial charge in [-0.2, -0.15) is 13.2 Å². The van der Waals surface area contributed by atoms with Gasteiger partial charge in [-0.25, -0.2) is 0 Å². The Morgan fingerprint density at radius 2 is 2.05 bits per heavy atom. The standard InChI is InChI=1S/C16H23F3N2/c1-3-21(10-12-7-8-12)11-15(20-2)13-5-4-6-14(9-13)16(17,18)19/h4-6,9,12,15,20H,3,7-8,10-11H2,1-2H3. The average molecular weight is 300 g/mol. The molecule has 1 aromatic rings. The zero-order valence-electron chi connectivity index (χ0n) is 12.6. The maximum atomic E-state index is 12.8. The van der Waals surface area contributed by atoms with Gasteiger partial charge in [-0.3, -0.25) is 0 Å². The van der Waals surface area contributed by atoms with Crippen molar-refractivity contribution in [2.45, 2.75) is 32.0 Å². The summed E-state index contributed by atoms with van der Waals surface area (Å²) in [5, 5.41) is 3.15. The number of rotatable bonds is 7. The molecule has 0 heterocycles. The van der Waals surface area contributed by atoms with E-state index < -0.39 is 11.7 Å². The Kier molecular flexibility index (Phi) is 5.27. The maximum absolute atomic E-state index is 12.8. The molecular weight excluding hydrogens is 277 g/mol. The van der Waals surface area contributed by atoms with Crippen molar-refractivity contribution in [1.82, 2.24) is 10.2 Å². The van der Waals surface area contributed by atoms with Gasteiger partial charge >= 0.3 is 6.18 Å². The monoisotopic (exact) mass is 300 g/mol. The van der Waals surface area contributed by atoms with Crippen LogP contribution >= 0.6 is 0 Å². The molecule has 0 aromatic heterocycles. The quantitative estimate of drug-likeness (QED) is 0.826. The van der Waals surface area contributed by atoms with Crippen molar-refractivity contribution in [3.63, 3.8) is 0 Å². The first-order chi connectivity index (χ1) is 9.94. The van der Waals surface area contributed by atoms with E-state index in [4.69, 9.17) is 0 Å². The Balaban J connectivity index is 2.08. The van der Waals surface area contributed by atoms with Gasteiger partial charge in [0.1, 0.15) is 0 Å². The molecule has 2 nitrogen and oxygen atoms in total. The van der Waals surface area contributed by atoms with E-state index in [1.165, 1.54) is 25.0 Å². The molecule has 0 bridgehead atoms. The average Bonchev–Trinajstić information content (AvgIpc) is 3.26. The Morgan fingerprint density at radius 1 is 1.33 bits per heavy atom. The second-order valence-corrected chi connectivity index (χ2v) is 5.76. The zero-order valence-corrected chi connectivity index (χ0v) is 12.6. The van der Waals surface area contributed by atoms with Gasteiger partial charge in [0.2, 0.25) is 0 Å². The van der Waals surface area contributed by atoms with Crippen LogP contribution < -0.4 is 5.32 Å². The summed E-state index contributed by atoms with van der Waals surface area (Å²) >= 11 is 0. The molecule has 0 saturated heterocycles. The molecule has 1 atom stereocenters. The van der Waals surface area contributed by atoms with Crippen LogP contribution in [0.2, 0.25) is 0 Å². The summed E-state index contributed by atoms with van der Waals surface area (Å²) in [7, 11) is 1.80. The van der Waals surface area contributed by atoms with Gasteiger partial charge in [-0.15, -0.1) is 0 Å². The first kappa shape index (κ1) is 16.3. The third kappa shape index (κ3) is 4.71. The van der Waals surface area contributed by atoms with E-state index in [9.17, 15) is 13.2 Å². The van der Waals surface area contributed by atoms with Crippen molar-refractivity contribution in [2.24, 2.45) is 5.92 Å². The molecule has 5 heteroatoms. The second-order valence-electron chi connectivity index (χ2n) is 5.76. The number of nitrogens with zero attached hydrogens (tertiary/aromatic N) is 1. The van der Waals surface area contributed by atoms with Crippen LogP contribution in [0.4, 0.5) is 13.2 Å². The molecule has 1 aliphatic carbocycles. The summed E-state index contributed by atoms with van der Waals surface area (Å²) in [5.74, 6) is 0.781. The molecule has 2 rings (SSSR count). The molecule has 0 amide bonds. The molecule has 0 aliphatic heterocycles. The van der Waals surface area contributed by atoms with Crippen LogP contribution in [0.1, 0.15) is 36.9 Å². The largest absolute Gasteiger partial charge is 0.416 e. The predicted molar refractivity (Wildman–Crippen MR) is 78.1 cm³/mol. The number of alkyl halides is 3. The third-order valence-corrected chi connectivity index (χ3v) is 4.07. The van der Waals surface area contributed by atoms with Crippen LogP contribution in [0.25, 0.3) is 0 Å². The van der Waals surface area contributed by atoms with Crippen LogP contribution in [0.5, 0.6) is 0 Å². The van der Waals surface area contributed by atoms with E-state index in [0.29, 0.717) is 5.56 Å². The van der Waals surface area contributed by atoms with Gasteiger partial charge in [0.25, 0.3) is 0 Å². The lowest BCUT2D eigenvalue weighted by molar-refractivity contribution is -0.137. The van der Waals surface area contributed by atoms with Gasteiger partial charge in [0, 0.05) is 19.1 Å². The molecule has 1 fully saturated rings. The number of hydrogen-bond acceptors (Lipinski definition) is 2. The number of likely N-dealkylation sites (N-methyl/N-ethyl adjacent to an activating group) is 2. The molecular formula is C16H23F3N2. The first-order valence-corrected chi connectivity index (χ1v) is 7.50. The Bertz CT molecular complexity index is 455. The van der Waals surface area contributed by atoms with Crippen molar-refractivity contribution >= 4 is 0 Å². The predicted octanol–water partition coefficient (Wildman–Crippen LogP) is 3.70. The molecule has 21 heavy (non-hydrogen) atoms. The van der Waals surface area contributed by atoms with Gasteiger partial charge in [0.05, 0.1) is 5.56 Å². The van der Waals surface area contributed by atoms with E-state index in [2.05, 4.69) is 17.1 Å². The van der Waals surface area contributed by atoms with Crippen molar-refractivity contribution < 1.29 is 13.2 Å². The summed E-state index contributed by atoms with van der Waals surface area (Å²) in [6.07, 6.45) is -1.72. The van der Waals surface area contributed by atoms with E-state index in [1.54, 1.807) is 13.1 Å². The highest BCUT2D eigenvalue weighted by atomic mass is 19.4. The molecule has 1 aliphatic rings. The summed E-state index contributed by atoms with van der Waals surface area (Å²) in [4.78, 5) is 2.32. The van der Waals surface area contributed by atoms with E-state index >= 15 is 0 Å². The Hall–Kier alpha value is -1.07. The fourth-order valence-electron chi connectivity index (χ4n) is 2.55. The lowest BCUT2D eigenvalue weighted by atomic mass is 10.0. The second kappa shape index (κ2) is 6.79. The number of hydrogen-bond donors (Lipinski definition) is 1. The highest BCUT2D eigenvalue weighted by Gasteiger charge is 2.31. The fourth-order valence-corrected chi connectivity index (χ4v) is 2.55. The number of nitrogens with one attached hydrogen (secondary N) is 1.